The lowest BCUT2D eigenvalue weighted by Crippen LogP contribution is -2.47. The van der Waals surface area contributed by atoms with E-state index in [1.54, 1.807) is 7.05 Å². The molecule has 2 heterocycles. The maximum Gasteiger partial charge on any atom is 0.234 e. The van der Waals surface area contributed by atoms with Gasteiger partial charge in [0, 0.05) is 13.5 Å². The van der Waals surface area contributed by atoms with Gasteiger partial charge in [0.15, 0.2) is 17.6 Å². The van der Waals surface area contributed by atoms with Gasteiger partial charge in [0.2, 0.25) is 11.8 Å². The van der Waals surface area contributed by atoms with Crippen LogP contribution in [0.4, 0.5) is 5.82 Å². The zero-order valence-electron chi connectivity index (χ0n) is 16.7. The SMILES string of the molecule is CCOc1cnc(C(=O)Cc2cccc(C3(C)CC(=O)N(C)C(N)=N3)c2)c(N)n1. The first kappa shape index (κ1) is 20.2. The Kier molecular flexibility index (Phi) is 5.49. The Bertz CT molecular complexity index is 990. The average Bonchev–Trinajstić information content (AvgIpc) is 2.66. The van der Waals surface area contributed by atoms with Crippen LogP contribution in [0.25, 0.3) is 0 Å². The molecule has 9 heteroatoms. The molecule has 2 aromatic rings. The number of aromatic nitrogens is 2. The molecule has 0 bridgehead atoms. The lowest BCUT2D eigenvalue weighted by Gasteiger charge is -2.33. The van der Waals surface area contributed by atoms with E-state index in [9.17, 15) is 9.59 Å². The molecule has 1 aliphatic rings. The molecule has 0 fully saturated rings. The number of rotatable bonds is 6. The maximum absolute atomic E-state index is 12.7. The van der Waals surface area contributed by atoms with Crippen LogP contribution in [0.2, 0.25) is 0 Å². The third kappa shape index (κ3) is 4.18. The molecule has 1 aromatic carbocycles. The Balaban J connectivity index is 1.84. The highest BCUT2D eigenvalue weighted by Crippen LogP contribution is 2.33. The summed E-state index contributed by atoms with van der Waals surface area (Å²) in [6.07, 6.45) is 1.66. The lowest BCUT2D eigenvalue weighted by molar-refractivity contribution is -0.128. The van der Waals surface area contributed by atoms with Gasteiger partial charge in [0.25, 0.3) is 0 Å². The summed E-state index contributed by atoms with van der Waals surface area (Å²) in [4.78, 5) is 38.9. The van der Waals surface area contributed by atoms with Gasteiger partial charge >= 0.3 is 0 Å². The van der Waals surface area contributed by atoms with Crippen molar-refractivity contribution in [2.45, 2.75) is 32.2 Å². The Hall–Kier alpha value is -3.49. The van der Waals surface area contributed by atoms with Gasteiger partial charge in [0.05, 0.1) is 24.8 Å². The molecule has 0 spiro atoms. The molecule has 0 saturated carbocycles. The van der Waals surface area contributed by atoms with Crippen molar-refractivity contribution in [3.8, 4) is 5.88 Å². The number of hydrogen-bond acceptors (Lipinski definition) is 8. The normalized spacial score (nSPS) is 19.1. The van der Waals surface area contributed by atoms with Crippen LogP contribution in [-0.2, 0) is 16.8 Å². The van der Waals surface area contributed by atoms with Crippen LogP contribution in [0.1, 0.15) is 41.9 Å². The Labute approximate surface area is 168 Å². The van der Waals surface area contributed by atoms with Gasteiger partial charge in [-0.2, -0.15) is 4.98 Å². The highest BCUT2D eigenvalue weighted by Gasteiger charge is 2.36. The smallest absolute Gasteiger partial charge is 0.234 e. The maximum atomic E-state index is 12.7. The summed E-state index contributed by atoms with van der Waals surface area (Å²) in [6.45, 7) is 4.10. The predicted octanol–water partition coefficient (Wildman–Crippen LogP) is 1.27. The first-order valence-corrected chi connectivity index (χ1v) is 9.23. The predicted molar refractivity (Wildman–Crippen MR) is 108 cm³/mol. The Morgan fingerprint density at radius 3 is 2.76 bits per heavy atom. The van der Waals surface area contributed by atoms with Crippen LogP contribution in [-0.4, -0.2) is 46.2 Å². The van der Waals surface area contributed by atoms with E-state index in [-0.39, 0.29) is 47.9 Å². The Morgan fingerprint density at radius 1 is 1.34 bits per heavy atom. The Morgan fingerprint density at radius 2 is 2.10 bits per heavy atom. The highest BCUT2D eigenvalue weighted by molar-refractivity contribution is 6.00. The fourth-order valence-corrected chi connectivity index (χ4v) is 3.18. The standard InChI is InChI=1S/C20H24N6O3/c1-4-29-15-11-23-17(18(21)24-15)14(27)9-12-6-5-7-13(8-12)20(2)10-16(28)26(3)19(22)25-20/h5-8,11H,4,9-10H2,1-3H3,(H2,21,24)(H2,22,25). The van der Waals surface area contributed by atoms with E-state index >= 15 is 0 Å². The van der Waals surface area contributed by atoms with Crippen LogP contribution in [0.5, 0.6) is 5.88 Å². The average molecular weight is 396 g/mol. The molecule has 0 saturated heterocycles. The van der Waals surface area contributed by atoms with Crippen LogP contribution in [0, 0.1) is 0 Å². The molecule has 29 heavy (non-hydrogen) atoms. The number of carbonyl (C=O) groups excluding carboxylic acids is 2. The van der Waals surface area contributed by atoms with Gasteiger partial charge in [-0.05, 0) is 25.0 Å². The van der Waals surface area contributed by atoms with Gasteiger partial charge in [-0.15, -0.1) is 0 Å². The summed E-state index contributed by atoms with van der Waals surface area (Å²) in [7, 11) is 1.60. The van der Waals surface area contributed by atoms with Gasteiger partial charge in [-0.1, -0.05) is 24.3 Å². The molecule has 4 N–H and O–H groups in total. The van der Waals surface area contributed by atoms with Crippen molar-refractivity contribution in [2.75, 3.05) is 19.4 Å². The number of Topliss-reactive ketones (excluding diaryl/α,β-unsaturated/α-hetero) is 1. The molecular weight excluding hydrogens is 372 g/mol. The largest absolute Gasteiger partial charge is 0.477 e. The number of benzene rings is 1. The molecule has 1 amide bonds. The topological polar surface area (TPSA) is 137 Å². The number of ether oxygens (including phenoxy) is 1. The van der Waals surface area contributed by atoms with Crippen molar-refractivity contribution in [1.82, 2.24) is 14.9 Å². The van der Waals surface area contributed by atoms with Crippen molar-refractivity contribution in [3.05, 3.63) is 47.3 Å². The number of nitrogens with zero attached hydrogens (tertiary/aromatic N) is 4. The third-order valence-electron chi connectivity index (χ3n) is 4.82. The van der Waals surface area contributed by atoms with Crippen LogP contribution in [0.15, 0.2) is 35.5 Å². The highest BCUT2D eigenvalue weighted by atomic mass is 16.5. The lowest BCUT2D eigenvalue weighted by atomic mass is 9.86. The van der Waals surface area contributed by atoms with Crippen molar-refractivity contribution >= 4 is 23.5 Å². The van der Waals surface area contributed by atoms with E-state index in [0.717, 1.165) is 11.1 Å². The summed E-state index contributed by atoms with van der Waals surface area (Å²) in [5, 5.41) is 0. The summed E-state index contributed by atoms with van der Waals surface area (Å²) in [5.41, 5.74) is 12.6. The molecule has 9 nitrogen and oxygen atoms in total. The van der Waals surface area contributed by atoms with Crippen LogP contribution in [0.3, 0.4) is 0 Å². The van der Waals surface area contributed by atoms with Crippen LogP contribution < -0.4 is 16.2 Å². The minimum Gasteiger partial charge on any atom is -0.477 e. The third-order valence-corrected chi connectivity index (χ3v) is 4.82. The second-order valence-electron chi connectivity index (χ2n) is 7.05. The van der Waals surface area contributed by atoms with Crippen molar-refractivity contribution in [2.24, 2.45) is 10.7 Å². The van der Waals surface area contributed by atoms with Gasteiger partial charge in [-0.25, -0.2) is 9.98 Å². The van der Waals surface area contributed by atoms with E-state index in [1.807, 2.05) is 38.1 Å². The monoisotopic (exact) mass is 396 g/mol. The number of aliphatic imine (C=N–C) groups is 1. The minimum atomic E-state index is -0.787. The first-order chi connectivity index (χ1) is 13.7. The van der Waals surface area contributed by atoms with E-state index in [0.29, 0.717) is 6.61 Å². The zero-order chi connectivity index (χ0) is 21.2. The van der Waals surface area contributed by atoms with Crippen LogP contribution >= 0.6 is 0 Å². The molecule has 1 atom stereocenters. The molecule has 0 radical (unpaired) electrons. The molecule has 0 aliphatic carbocycles. The fourth-order valence-electron chi connectivity index (χ4n) is 3.18. The molecular formula is C20H24N6O3. The summed E-state index contributed by atoms with van der Waals surface area (Å²) < 4.78 is 5.24. The van der Waals surface area contributed by atoms with Gasteiger partial charge in [-0.3, -0.25) is 14.5 Å². The van der Waals surface area contributed by atoms with Crippen molar-refractivity contribution in [1.29, 1.82) is 0 Å². The number of carbonyl (C=O) groups is 2. The number of anilines is 1. The minimum absolute atomic E-state index is 0.0300. The number of ketones is 1. The molecule has 152 valence electrons. The van der Waals surface area contributed by atoms with Gasteiger partial charge < -0.3 is 16.2 Å². The number of nitrogens with two attached hydrogens (primary N) is 2. The number of hydrogen-bond donors (Lipinski definition) is 2. The van der Waals surface area contributed by atoms with E-state index in [2.05, 4.69) is 15.0 Å². The molecule has 1 unspecified atom stereocenters. The second kappa shape index (κ2) is 7.86. The molecule has 1 aromatic heterocycles. The summed E-state index contributed by atoms with van der Waals surface area (Å²) in [5.74, 6) is 0.102. The molecule has 3 rings (SSSR count). The van der Waals surface area contributed by atoms with Gasteiger partial charge in [0.1, 0.15) is 5.69 Å². The van der Waals surface area contributed by atoms with E-state index in [4.69, 9.17) is 16.2 Å². The second-order valence-corrected chi connectivity index (χ2v) is 7.05. The number of amides is 1. The van der Waals surface area contributed by atoms with E-state index < -0.39 is 5.54 Å². The molecule has 1 aliphatic heterocycles. The number of guanidine groups is 1. The zero-order valence-corrected chi connectivity index (χ0v) is 16.7. The first-order valence-electron chi connectivity index (χ1n) is 9.23. The fraction of sp³-hybridized carbons (Fsp3) is 0.350. The van der Waals surface area contributed by atoms with Crippen molar-refractivity contribution < 1.29 is 14.3 Å². The summed E-state index contributed by atoms with van der Waals surface area (Å²) >= 11 is 0. The van der Waals surface area contributed by atoms with Crippen molar-refractivity contribution in [3.63, 3.8) is 0 Å². The summed E-state index contributed by atoms with van der Waals surface area (Å²) in [6, 6.07) is 7.37. The van der Waals surface area contributed by atoms with E-state index in [1.165, 1.54) is 11.1 Å². The number of nitrogen functional groups attached to an aromatic ring is 1. The quantitative estimate of drug-likeness (QED) is 0.702.